The van der Waals surface area contributed by atoms with Crippen LogP contribution in [0.25, 0.3) is 11.6 Å². The standard InChI is InChI=1S/C15H15N5O3/c1-10(22-11-6-4-3-5-7-11)13(21)16-15-18-17-14(23-15)12-8-9-20(2)19-12/h3-10H,1-2H3,(H,16,18,21). The van der Waals surface area contributed by atoms with Crippen LogP contribution in [0.1, 0.15) is 6.92 Å². The van der Waals surface area contributed by atoms with Gasteiger partial charge in [-0.15, -0.1) is 5.10 Å². The number of para-hydroxylation sites is 1. The molecule has 2 heterocycles. The summed E-state index contributed by atoms with van der Waals surface area (Å²) in [6.45, 7) is 1.64. The summed E-state index contributed by atoms with van der Waals surface area (Å²) in [4.78, 5) is 12.1. The highest BCUT2D eigenvalue weighted by atomic mass is 16.5. The highest BCUT2D eigenvalue weighted by Crippen LogP contribution is 2.18. The van der Waals surface area contributed by atoms with Crippen LogP contribution in [0.4, 0.5) is 6.01 Å². The maximum absolute atomic E-state index is 12.1. The van der Waals surface area contributed by atoms with Crippen LogP contribution in [0.15, 0.2) is 47.0 Å². The largest absolute Gasteiger partial charge is 0.481 e. The summed E-state index contributed by atoms with van der Waals surface area (Å²) in [5.74, 6) is 0.456. The molecule has 0 saturated carbocycles. The van der Waals surface area contributed by atoms with Crippen molar-refractivity contribution in [3.63, 3.8) is 0 Å². The molecule has 0 aliphatic carbocycles. The third-order valence-electron chi connectivity index (χ3n) is 3.01. The number of rotatable bonds is 5. The molecule has 8 heteroatoms. The van der Waals surface area contributed by atoms with Crippen molar-refractivity contribution in [2.24, 2.45) is 7.05 Å². The monoisotopic (exact) mass is 313 g/mol. The quantitative estimate of drug-likeness (QED) is 0.772. The third-order valence-corrected chi connectivity index (χ3v) is 3.01. The number of nitrogens with zero attached hydrogens (tertiary/aromatic N) is 4. The number of hydrogen-bond acceptors (Lipinski definition) is 6. The van der Waals surface area contributed by atoms with Gasteiger partial charge in [0.25, 0.3) is 11.8 Å². The molecular weight excluding hydrogens is 298 g/mol. The van der Waals surface area contributed by atoms with Crippen LogP contribution in [0.2, 0.25) is 0 Å². The number of carbonyl (C=O) groups is 1. The zero-order valence-corrected chi connectivity index (χ0v) is 12.6. The van der Waals surface area contributed by atoms with E-state index in [-0.39, 0.29) is 17.8 Å². The lowest BCUT2D eigenvalue weighted by atomic mass is 10.3. The lowest BCUT2D eigenvalue weighted by Gasteiger charge is -2.12. The second-order valence-electron chi connectivity index (χ2n) is 4.85. The van der Waals surface area contributed by atoms with E-state index < -0.39 is 6.10 Å². The Hall–Kier alpha value is -3.16. The van der Waals surface area contributed by atoms with Gasteiger partial charge in [-0.05, 0) is 25.1 Å². The van der Waals surface area contributed by atoms with E-state index in [0.29, 0.717) is 11.4 Å². The first-order valence-electron chi connectivity index (χ1n) is 6.98. The van der Waals surface area contributed by atoms with E-state index in [1.165, 1.54) is 0 Å². The number of ether oxygens (including phenoxy) is 1. The number of anilines is 1. The molecule has 0 bridgehead atoms. The normalized spacial score (nSPS) is 11.9. The summed E-state index contributed by atoms with van der Waals surface area (Å²) in [7, 11) is 1.78. The molecule has 1 aromatic carbocycles. The van der Waals surface area contributed by atoms with Gasteiger partial charge in [0.2, 0.25) is 0 Å². The predicted octanol–water partition coefficient (Wildman–Crippen LogP) is 1.88. The lowest BCUT2D eigenvalue weighted by molar-refractivity contribution is -0.122. The average molecular weight is 313 g/mol. The summed E-state index contributed by atoms with van der Waals surface area (Å²) < 4.78 is 12.5. The molecule has 1 atom stereocenters. The summed E-state index contributed by atoms with van der Waals surface area (Å²) in [6.07, 6.45) is 1.05. The van der Waals surface area contributed by atoms with Crippen molar-refractivity contribution < 1.29 is 13.9 Å². The number of aryl methyl sites for hydroxylation is 1. The van der Waals surface area contributed by atoms with E-state index in [9.17, 15) is 4.79 Å². The van der Waals surface area contributed by atoms with Gasteiger partial charge in [-0.25, -0.2) is 0 Å². The van der Waals surface area contributed by atoms with Crippen molar-refractivity contribution in [2.75, 3.05) is 5.32 Å². The Balaban J connectivity index is 1.63. The van der Waals surface area contributed by atoms with Crippen molar-refractivity contribution in [3.8, 4) is 17.3 Å². The molecule has 118 valence electrons. The van der Waals surface area contributed by atoms with Gasteiger partial charge in [0.15, 0.2) is 6.10 Å². The van der Waals surface area contributed by atoms with Gasteiger partial charge in [-0.3, -0.25) is 14.8 Å². The molecule has 8 nitrogen and oxygen atoms in total. The van der Waals surface area contributed by atoms with Crippen LogP contribution in [-0.4, -0.2) is 32.0 Å². The van der Waals surface area contributed by atoms with Gasteiger partial charge in [0.1, 0.15) is 11.4 Å². The summed E-state index contributed by atoms with van der Waals surface area (Å²) in [5.41, 5.74) is 0.536. The SMILES string of the molecule is CC(Oc1ccccc1)C(=O)Nc1nnc(-c2ccn(C)n2)o1. The molecule has 1 unspecified atom stereocenters. The van der Waals surface area contributed by atoms with Gasteiger partial charge < -0.3 is 9.15 Å². The van der Waals surface area contributed by atoms with Crippen LogP contribution >= 0.6 is 0 Å². The molecule has 0 spiro atoms. The second-order valence-corrected chi connectivity index (χ2v) is 4.85. The first-order chi connectivity index (χ1) is 11.1. The Morgan fingerprint density at radius 2 is 2.04 bits per heavy atom. The minimum Gasteiger partial charge on any atom is -0.481 e. The molecule has 3 rings (SSSR count). The van der Waals surface area contributed by atoms with Crippen LogP contribution in [0, 0.1) is 0 Å². The summed E-state index contributed by atoms with van der Waals surface area (Å²) in [5, 5.41) is 14.3. The van der Waals surface area contributed by atoms with Gasteiger partial charge in [-0.1, -0.05) is 23.3 Å². The Bertz CT molecular complexity index is 796. The zero-order chi connectivity index (χ0) is 16.2. The first kappa shape index (κ1) is 14.8. The summed E-state index contributed by atoms with van der Waals surface area (Å²) in [6, 6.07) is 10.8. The van der Waals surface area contributed by atoms with Crippen molar-refractivity contribution in [2.45, 2.75) is 13.0 Å². The number of carbonyl (C=O) groups excluding carboxylic acids is 1. The van der Waals surface area contributed by atoms with Crippen molar-refractivity contribution in [1.29, 1.82) is 0 Å². The van der Waals surface area contributed by atoms with Crippen LogP contribution < -0.4 is 10.1 Å². The molecule has 3 aromatic rings. The van der Waals surface area contributed by atoms with Crippen LogP contribution in [0.3, 0.4) is 0 Å². The number of aromatic nitrogens is 4. The highest BCUT2D eigenvalue weighted by Gasteiger charge is 2.18. The molecular formula is C15H15N5O3. The topological polar surface area (TPSA) is 95.1 Å². The number of hydrogen-bond donors (Lipinski definition) is 1. The molecule has 0 aliphatic rings. The highest BCUT2D eigenvalue weighted by molar-refractivity contribution is 5.92. The minimum absolute atomic E-state index is 0.000773. The Labute approximate surface area is 132 Å². The van der Waals surface area contributed by atoms with Gasteiger partial charge in [-0.2, -0.15) is 5.10 Å². The lowest BCUT2D eigenvalue weighted by Crippen LogP contribution is -2.30. The van der Waals surface area contributed by atoms with Gasteiger partial charge in [0, 0.05) is 13.2 Å². The average Bonchev–Trinajstić information content (AvgIpc) is 3.17. The fourth-order valence-corrected chi connectivity index (χ4v) is 1.87. The molecule has 0 fully saturated rings. The van der Waals surface area contributed by atoms with E-state index in [1.807, 2.05) is 18.2 Å². The molecule has 1 N–H and O–H groups in total. The van der Waals surface area contributed by atoms with Crippen molar-refractivity contribution in [1.82, 2.24) is 20.0 Å². The van der Waals surface area contributed by atoms with Crippen LogP contribution in [0.5, 0.6) is 5.75 Å². The van der Waals surface area contributed by atoms with Gasteiger partial charge in [0.05, 0.1) is 0 Å². The predicted molar refractivity (Wildman–Crippen MR) is 81.7 cm³/mol. The molecule has 2 aromatic heterocycles. The van der Waals surface area contributed by atoms with E-state index in [2.05, 4.69) is 20.6 Å². The van der Waals surface area contributed by atoms with E-state index in [4.69, 9.17) is 9.15 Å². The minimum atomic E-state index is -0.706. The first-order valence-corrected chi connectivity index (χ1v) is 6.98. The molecule has 0 saturated heterocycles. The Kier molecular flexibility index (Phi) is 4.05. The zero-order valence-electron chi connectivity index (χ0n) is 12.6. The fraction of sp³-hybridized carbons (Fsp3) is 0.200. The maximum Gasteiger partial charge on any atom is 0.322 e. The third kappa shape index (κ3) is 3.54. The number of benzene rings is 1. The smallest absolute Gasteiger partial charge is 0.322 e. The van der Waals surface area contributed by atoms with E-state index in [0.717, 1.165) is 0 Å². The molecule has 0 radical (unpaired) electrons. The Morgan fingerprint density at radius 3 is 2.74 bits per heavy atom. The van der Waals surface area contributed by atoms with Gasteiger partial charge >= 0.3 is 6.01 Å². The number of amides is 1. The molecule has 1 amide bonds. The van der Waals surface area contributed by atoms with Crippen molar-refractivity contribution in [3.05, 3.63) is 42.6 Å². The van der Waals surface area contributed by atoms with E-state index in [1.54, 1.807) is 43.0 Å². The second kappa shape index (κ2) is 6.30. The molecule has 0 aliphatic heterocycles. The maximum atomic E-state index is 12.1. The van der Waals surface area contributed by atoms with Crippen LogP contribution in [-0.2, 0) is 11.8 Å². The van der Waals surface area contributed by atoms with Crippen molar-refractivity contribution >= 4 is 11.9 Å². The van der Waals surface area contributed by atoms with E-state index >= 15 is 0 Å². The summed E-state index contributed by atoms with van der Waals surface area (Å²) >= 11 is 0. The number of nitrogens with one attached hydrogen (secondary N) is 1. The molecule has 23 heavy (non-hydrogen) atoms. The Morgan fingerprint density at radius 1 is 1.26 bits per heavy atom. The fourth-order valence-electron chi connectivity index (χ4n) is 1.87.